The van der Waals surface area contributed by atoms with Crippen molar-refractivity contribution >= 4 is 35.4 Å². The lowest BCUT2D eigenvalue weighted by Gasteiger charge is -2.19. The summed E-state index contributed by atoms with van der Waals surface area (Å²) >= 11 is 5.84. The number of halogens is 2. The highest BCUT2D eigenvalue weighted by molar-refractivity contribution is 6.30. The third-order valence-electron chi connectivity index (χ3n) is 2.36. The van der Waals surface area contributed by atoms with Crippen LogP contribution in [0.3, 0.4) is 0 Å². The predicted octanol–water partition coefficient (Wildman–Crippen LogP) is 4.53. The van der Waals surface area contributed by atoms with Crippen molar-refractivity contribution < 1.29 is 0 Å². The van der Waals surface area contributed by atoms with E-state index in [2.05, 4.69) is 17.0 Å². The molecule has 0 aliphatic carbocycles. The Morgan fingerprint density at radius 3 is 1.88 bits per heavy atom. The molecule has 0 fully saturated rings. The molecule has 0 unspecified atom stereocenters. The molecule has 2 rings (SSSR count). The summed E-state index contributed by atoms with van der Waals surface area (Å²) in [6.07, 6.45) is 0. The van der Waals surface area contributed by atoms with Gasteiger partial charge in [-0.15, -0.1) is 12.4 Å². The van der Waals surface area contributed by atoms with Crippen LogP contribution in [-0.2, 0) is 0 Å². The molecule has 2 aromatic rings. The molecule has 0 aromatic heterocycles. The number of hydrogen-bond donors (Lipinski definition) is 0. The standard InChI is InChI=1S/C13H12ClN.ClH/c1-15(12-5-3-2-4-6-12)13-9-7-11(14)8-10-13;/h2-10H,1H3;1H. The summed E-state index contributed by atoms with van der Waals surface area (Å²) in [7, 11) is 2.04. The van der Waals surface area contributed by atoms with Gasteiger partial charge in [0.1, 0.15) is 0 Å². The van der Waals surface area contributed by atoms with Crippen molar-refractivity contribution in [3.8, 4) is 0 Å². The Bertz CT molecular complexity index is 425. The molecule has 0 saturated heterocycles. The quantitative estimate of drug-likeness (QED) is 0.761. The van der Waals surface area contributed by atoms with Gasteiger partial charge in [0.25, 0.3) is 0 Å². The lowest BCUT2D eigenvalue weighted by molar-refractivity contribution is 1.21. The maximum Gasteiger partial charge on any atom is 0.0409 e. The molecule has 0 aliphatic rings. The van der Waals surface area contributed by atoms with E-state index in [1.165, 1.54) is 5.69 Å². The van der Waals surface area contributed by atoms with Gasteiger partial charge in [-0.1, -0.05) is 29.8 Å². The van der Waals surface area contributed by atoms with Crippen LogP contribution < -0.4 is 4.90 Å². The molecule has 0 saturated carbocycles. The van der Waals surface area contributed by atoms with Crippen molar-refractivity contribution in [3.63, 3.8) is 0 Å². The van der Waals surface area contributed by atoms with Crippen LogP contribution in [-0.4, -0.2) is 7.05 Å². The minimum absolute atomic E-state index is 0. The number of rotatable bonds is 2. The van der Waals surface area contributed by atoms with E-state index >= 15 is 0 Å². The lowest BCUT2D eigenvalue weighted by atomic mass is 10.2. The molecule has 0 spiro atoms. The highest BCUT2D eigenvalue weighted by Crippen LogP contribution is 2.24. The van der Waals surface area contributed by atoms with Crippen LogP contribution in [0.25, 0.3) is 0 Å². The van der Waals surface area contributed by atoms with Crippen LogP contribution in [0.15, 0.2) is 54.6 Å². The van der Waals surface area contributed by atoms with Gasteiger partial charge in [-0.25, -0.2) is 0 Å². The summed E-state index contributed by atoms with van der Waals surface area (Å²) in [5, 5.41) is 0.764. The van der Waals surface area contributed by atoms with Gasteiger partial charge in [0.15, 0.2) is 0 Å². The van der Waals surface area contributed by atoms with E-state index in [0.717, 1.165) is 10.7 Å². The van der Waals surface area contributed by atoms with Gasteiger partial charge >= 0.3 is 0 Å². The number of benzene rings is 2. The molecule has 0 radical (unpaired) electrons. The van der Waals surface area contributed by atoms with Crippen molar-refractivity contribution in [1.82, 2.24) is 0 Å². The first kappa shape index (κ1) is 12.9. The second kappa shape index (κ2) is 5.78. The van der Waals surface area contributed by atoms with E-state index in [4.69, 9.17) is 11.6 Å². The predicted molar refractivity (Wildman–Crippen MR) is 73.2 cm³/mol. The van der Waals surface area contributed by atoms with Gasteiger partial charge in [0, 0.05) is 23.4 Å². The van der Waals surface area contributed by atoms with Gasteiger partial charge in [-0.2, -0.15) is 0 Å². The zero-order valence-electron chi connectivity index (χ0n) is 8.93. The molecule has 2 aromatic carbocycles. The smallest absolute Gasteiger partial charge is 0.0409 e. The first-order valence-corrected chi connectivity index (χ1v) is 5.19. The van der Waals surface area contributed by atoms with Crippen LogP contribution >= 0.6 is 24.0 Å². The Hall–Kier alpha value is -1.18. The van der Waals surface area contributed by atoms with Gasteiger partial charge in [-0.3, -0.25) is 0 Å². The van der Waals surface area contributed by atoms with Gasteiger partial charge in [-0.05, 0) is 36.4 Å². The molecule has 0 aliphatic heterocycles. The van der Waals surface area contributed by atoms with Crippen molar-refractivity contribution in [3.05, 3.63) is 59.6 Å². The topological polar surface area (TPSA) is 3.24 Å². The van der Waals surface area contributed by atoms with Gasteiger partial charge in [0.2, 0.25) is 0 Å². The molecule has 0 bridgehead atoms. The van der Waals surface area contributed by atoms with Crippen molar-refractivity contribution in [2.24, 2.45) is 0 Å². The molecule has 0 amide bonds. The molecule has 0 N–H and O–H groups in total. The first-order chi connectivity index (χ1) is 7.27. The van der Waals surface area contributed by atoms with Crippen LogP contribution in [0.5, 0.6) is 0 Å². The Kier molecular flexibility index (Phi) is 4.66. The minimum Gasteiger partial charge on any atom is -0.345 e. The van der Waals surface area contributed by atoms with Crippen molar-refractivity contribution in [1.29, 1.82) is 0 Å². The second-order valence-electron chi connectivity index (χ2n) is 3.37. The SMILES string of the molecule is CN(c1ccccc1)c1ccc(Cl)cc1.Cl. The average Bonchev–Trinajstić information content (AvgIpc) is 2.30. The van der Waals surface area contributed by atoms with Crippen molar-refractivity contribution in [2.45, 2.75) is 0 Å². The molecule has 1 nitrogen and oxygen atoms in total. The van der Waals surface area contributed by atoms with E-state index in [1.807, 2.05) is 49.5 Å². The molecular weight excluding hydrogens is 241 g/mol. The zero-order chi connectivity index (χ0) is 10.7. The molecule has 16 heavy (non-hydrogen) atoms. The summed E-state index contributed by atoms with van der Waals surface area (Å²) in [5.41, 5.74) is 2.30. The van der Waals surface area contributed by atoms with Crippen LogP contribution in [0.2, 0.25) is 5.02 Å². The Morgan fingerprint density at radius 2 is 1.31 bits per heavy atom. The number of hydrogen-bond acceptors (Lipinski definition) is 1. The Morgan fingerprint density at radius 1 is 0.812 bits per heavy atom. The molecule has 84 valence electrons. The fourth-order valence-corrected chi connectivity index (χ4v) is 1.59. The summed E-state index contributed by atoms with van der Waals surface area (Å²) in [5.74, 6) is 0. The minimum atomic E-state index is 0. The highest BCUT2D eigenvalue weighted by Gasteiger charge is 2.01. The summed E-state index contributed by atoms with van der Waals surface area (Å²) < 4.78 is 0. The monoisotopic (exact) mass is 253 g/mol. The van der Waals surface area contributed by atoms with Crippen molar-refractivity contribution in [2.75, 3.05) is 11.9 Å². The molecule has 0 atom stereocenters. The number of anilines is 2. The van der Waals surface area contributed by atoms with E-state index in [-0.39, 0.29) is 12.4 Å². The largest absolute Gasteiger partial charge is 0.345 e. The lowest BCUT2D eigenvalue weighted by Crippen LogP contribution is -2.08. The van der Waals surface area contributed by atoms with Crippen LogP contribution in [0.4, 0.5) is 11.4 Å². The fraction of sp³-hybridized carbons (Fsp3) is 0.0769. The van der Waals surface area contributed by atoms with Crippen LogP contribution in [0.1, 0.15) is 0 Å². The molecular formula is C13H13Cl2N. The normalized spacial score (nSPS) is 9.38. The van der Waals surface area contributed by atoms with Gasteiger partial charge in [0.05, 0.1) is 0 Å². The Labute approximate surface area is 107 Å². The summed E-state index contributed by atoms with van der Waals surface area (Å²) in [4.78, 5) is 2.12. The maximum absolute atomic E-state index is 5.84. The third-order valence-corrected chi connectivity index (χ3v) is 2.61. The summed E-state index contributed by atoms with van der Waals surface area (Å²) in [6, 6.07) is 18.0. The first-order valence-electron chi connectivity index (χ1n) is 4.82. The average molecular weight is 254 g/mol. The number of para-hydroxylation sites is 1. The third kappa shape index (κ3) is 2.91. The number of nitrogens with zero attached hydrogens (tertiary/aromatic N) is 1. The van der Waals surface area contributed by atoms with E-state index < -0.39 is 0 Å². The highest BCUT2D eigenvalue weighted by atomic mass is 35.5. The maximum atomic E-state index is 5.84. The molecule has 0 heterocycles. The molecule has 3 heteroatoms. The summed E-state index contributed by atoms with van der Waals surface area (Å²) in [6.45, 7) is 0. The van der Waals surface area contributed by atoms with E-state index in [1.54, 1.807) is 0 Å². The Balaban J connectivity index is 0.00000128. The fourth-order valence-electron chi connectivity index (χ4n) is 1.47. The zero-order valence-corrected chi connectivity index (χ0v) is 10.5. The van der Waals surface area contributed by atoms with Crippen LogP contribution in [0, 0.1) is 0 Å². The second-order valence-corrected chi connectivity index (χ2v) is 3.81. The van der Waals surface area contributed by atoms with Gasteiger partial charge < -0.3 is 4.90 Å². The van der Waals surface area contributed by atoms with E-state index in [0.29, 0.717) is 0 Å². The van der Waals surface area contributed by atoms with E-state index in [9.17, 15) is 0 Å².